The van der Waals surface area contributed by atoms with Gasteiger partial charge < -0.3 is 15.2 Å². The Morgan fingerprint density at radius 1 is 1.19 bits per heavy atom. The highest BCUT2D eigenvalue weighted by molar-refractivity contribution is 5.96. The number of aromatic carboxylic acids is 1. The molecule has 3 rings (SSSR count). The number of hydrogen-bond donors (Lipinski definition) is 2. The number of aromatic nitrogens is 3. The Morgan fingerprint density at radius 2 is 1.89 bits per heavy atom. The highest BCUT2D eigenvalue weighted by Crippen LogP contribution is 2.15. The van der Waals surface area contributed by atoms with Gasteiger partial charge in [0, 0.05) is 12.1 Å². The molecule has 1 aromatic carbocycles. The summed E-state index contributed by atoms with van der Waals surface area (Å²) in [5.74, 6) is -2.19. The number of carbonyl (C=O) groups is 3. The number of esters is 1. The summed E-state index contributed by atoms with van der Waals surface area (Å²) < 4.78 is 5.79. The Labute approximate surface area is 153 Å². The van der Waals surface area contributed by atoms with Crippen molar-refractivity contribution in [2.45, 2.75) is 13.0 Å². The zero-order valence-corrected chi connectivity index (χ0v) is 14.5. The molecule has 9 nitrogen and oxygen atoms in total. The normalized spacial score (nSPS) is 11.8. The molecule has 0 spiro atoms. The topological polar surface area (TPSA) is 123 Å². The van der Waals surface area contributed by atoms with E-state index in [0.29, 0.717) is 5.56 Å². The number of amides is 1. The number of nitrogens with one attached hydrogen (secondary N) is 1. The average molecular weight is 368 g/mol. The number of ether oxygens (including phenoxy) is 1. The molecule has 0 bridgehead atoms. The third-order valence-electron chi connectivity index (χ3n) is 3.99. The summed E-state index contributed by atoms with van der Waals surface area (Å²) in [6.07, 6.45) is 1.40. The molecule has 1 atom stereocenters. The number of nitrogens with zero attached hydrogens (tertiary/aromatic N) is 3. The van der Waals surface area contributed by atoms with Crippen molar-refractivity contribution in [1.29, 1.82) is 0 Å². The molecule has 0 aliphatic heterocycles. The van der Waals surface area contributed by atoms with Crippen LogP contribution < -0.4 is 5.32 Å². The maximum Gasteiger partial charge on any atom is 0.354 e. The number of carbonyl (C=O) groups excluding carboxylic acids is 2. The van der Waals surface area contributed by atoms with Crippen LogP contribution in [-0.2, 0) is 4.74 Å². The van der Waals surface area contributed by atoms with Crippen molar-refractivity contribution in [2.24, 2.45) is 0 Å². The van der Waals surface area contributed by atoms with Crippen molar-refractivity contribution in [2.75, 3.05) is 7.11 Å². The van der Waals surface area contributed by atoms with Crippen molar-refractivity contribution in [1.82, 2.24) is 19.9 Å². The van der Waals surface area contributed by atoms with Crippen molar-refractivity contribution in [3.8, 4) is 0 Å². The molecule has 9 heteroatoms. The first-order valence-corrected chi connectivity index (χ1v) is 7.98. The lowest BCUT2D eigenvalue weighted by Crippen LogP contribution is -2.28. The number of methoxy groups -OCH3 is 1. The fraction of sp³-hybridized carbons (Fsp3) is 0.167. The largest absolute Gasteiger partial charge is 0.477 e. The summed E-state index contributed by atoms with van der Waals surface area (Å²) in [5.41, 5.74) is 1.23. The second-order valence-corrected chi connectivity index (χ2v) is 5.74. The van der Waals surface area contributed by atoms with Gasteiger partial charge in [-0.3, -0.25) is 4.79 Å². The Hall–Kier alpha value is -3.75. The van der Waals surface area contributed by atoms with Crippen LogP contribution in [0.2, 0.25) is 0 Å². The van der Waals surface area contributed by atoms with Gasteiger partial charge in [-0.2, -0.15) is 5.10 Å². The summed E-state index contributed by atoms with van der Waals surface area (Å²) in [7, 11) is 1.30. The minimum absolute atomic E-state index is 0.0292. The lowest BCUT2D eigenvalue weighted by molar-refractivity contribution is 0.0599. The first kappa shape index (κ1) is 18.1. The molecule has 2 aromatic heterocycles. The van der Waals surface area contributed by atoms with E-state index in [1.807, 2.05) is 0 Å². The van der Waals surface area contributed by atoms with Gasteiger partial charge in [0.2, 0.25) is 0 Å². The fourth-order valence-electron chi connectivity index (χ4n) is 2.56. The van der Waals surface area contributed by atoms with Crippen LogP contribution >= 0.6 is 0 Å². The van der Waals surface area contributed by atoms with Crippen LogP contribution in [0.1, 0.15) is 49.9 Å². The van der Waals surface area contributed by atoms with E-state index in [1.54, 1.807) is 31.2 Å². The smallest absolute Gasteiger partial charge is 0.354 e. The molecule has 27 heavy (non-hydrogen) atoms. The Morgan fingerprint density at radius 3 is 2.52 bits per heavy atom. The molecule has 2 heterocycles. The summed E-state index contributed by atoms with van der Waals surface area (Å²) in [5, 5.41) is 15.9. The quantitative estimate of drug-likeness (QED) is 0.657. The number of hydrogen-bond acceptors (Lipinski definition) is 6. The van der Waals surface area contributed by atoms with Crippen molar-refractivity contribution in [3.05, 3.63) is 65.1 Å². The predicted molar refractivity (Wildman–Crippen MR) is 93.6 cm³/mol. The number of carboxylic acids is 1. The van der Waals surface area contributed by atoms with E-state index >= 15 is 0 Å². The molecule has 0 aliphatic carbocycles. The van der Waals surface area contributed by atoms with Crippen LogP contribution in [0.3, 0.4) is 0 Å². The summed E-state index contributed by atoms with van der Waals surface area (Å²) in [6.45, 7) is 1.76. The molecule has 0 radical (unpaired) electrons. The molecule has 2 N–H and O–H groups in total. The molecule has 3 aromatic rings. The van der Waals surface area contributed by atoms with Gasteiger partial charge in [-0.25, -0.2) is 19.1 Å². The van der Waals surface area contributed by atoms with Gasteiger partial charge in [0.1, 0.15) is 5.69 Å². The minimum atomic E-state index is -1.22. The number of fused-ring (bicyclic) bond motifs is 1. The van der Waals surface area contributed by atoms with E-state index in [2.05, 4.69) is 20.1 Å². The highest BCUT2D eigenvalue weighted by Gasteiger charge is 2.18. The molecular weight excluding hydrogens is 352 g/mol. The predicted octanol–water partition coefficient (Wildman–Crippen LogP) is 1.71. The second kappa shape index (κ2) is 7.24. The summed E-state index contributed by atoms with van der Waals surface area (Å²) >= 11 is 0. The molecule has 0 aliphatic rings. The summed E-state index contributed by atoms with van der Waals surface area (Å²) in [6, 6.07) is 8.90. The molecule has 0 saturated carbocycles. The minimum Gasteiger partial charge on any atom is -0.477 e. The highest BCUT2D eigenvalue weighted by atomic mass is 16.5. The third kappa shape index (κ3) is 3.61. The van der Waals surface area contributed by atoms with Crippen molar-refractivity contribution >= 4 is 23.5 Å². The third-order valence-corrected chi connectivity index (χ3v) is 3.99. The van der Waals surface area contributed by atoms with Crippen molar-refractivity contribution in [3.63, 3.8) is 0 Å². The van der Waals surface area contributed by atoms with E-state index < -0.39 is 17.8 Å². The van der Waals surface area contributed by atoms with Crippen LogP contribution in [0, 0.1) is 0 Å². The van der Waals surface area contributed by atoms with Gasteiger partial charge in [-0.15, -0.1) is 0 Å². The van der Waals surface area contributed by atoms with E-state index in [0.717, 1.165) is 10.1 Å². The second-order valence-electron chi connectivity index (χ2n) is 5.74. The lowest BCUT2D eigenvalue weighted by Gasteiger charge is -2.15. The molecule has 0 saturated heterocycles. The van der Waals surface area contributed by atoms with E-state index in [4.69, 9.17) is 0 Å². The standard InChI is InChI=1S/C18H16N4O5/c1-10(11-3-5-12(6-4-11)18(26)27-2)20-16(23)13-9-14(17(24)25)22-15(21-13)7-8-19-22/h3-10H,1-2H3,(H,20,23)(H,24,25)/t10-/m1/s1. The van der Waals surface area contributed by atoms with Gasteiger partial charge in [0.25, 0.3) is 5.91 Å². The molecular formula is C18H16N4O5. The average Bonchev–Trinajstić information content (AvgIpc) is 3.15. The zero-order valence-electron chi connectivity index (χ0n) is 14.5. The SMILES string of the molecule is COC(=O)c1ccc([C@@H](C)NC(=O)c2cc(C(=O)O)n3nccc3n2)cc1. The van der Waals surface area contributed by atoms with Gasteiger partial charge in [0.05, 0.1) is 24.9 Å². The first-order valence-electron chi connectivity index (χ1n) is 7.98. The van der Waals surface area contributed by atoms with E-state index in [-0.39, 0.29) is 23.1 Å². The number of carboxylic acid groups (broad SMARTS) is 1. The van der Waals surface area contributed by atoms with Gasteiger partial charge >= 0.3 is 11.9 Å². The van der Waals surface area contributed by atoms with Gasteiger partial charge in [0.15, 0.2) is 11.3 Å². The fourth-order valence-corrected chi connectivity index (χ4v) is 2.56. The number of rotatable bonds is 5. The Kier molecular flexibility index (Phi) is 4.84. The van der Waals surface area contributed by atoms with Crippen molar-refractivity contribution < 1.29 is 24.2 Å². The van der Waals surface area contributed by atoms with E-state index in [9.17, 15) is 19.5 Å². The molecule has 0 unspecified atom stereocenters. The Bertz CT molecular complexity index is 1030. The van der Waals surface area contributed by atoms with Crippen LogP contribution in [0.15, 0.2) is 42.6 Å². The first-order chi connectivity index (χ1) is 12.9. The maximum absolute atomic E-state index is 12.5. The molecule has 138 valence electrons. The molecule has 1 amide bonds. The Balaban J connectivity index is 1.81. The maximum atomic E-state index is 12.5. The van der Waals surface area contributed by atoms with E-state index in [1.165, 1.54) is 25.4 Å². The zero-order chi connectivity index (χ0) is 19.6. The van der Waals surface area contributed by atoms with Crippen LogP contribution in [0.25, 0.3) is 5.65 Å². The van der Waals surface area contributed by atoms with Gasteiger partial charge in [-0.05, 0) is 24.6 Å². The summed E-state index contributed by atoms with van der Waals surface area (Å²) in [4.78, 5) is 39.5. The van der Waals surface area contributed by atoms with Crippen LogP contribution in [-0.4, -0.2) is 44.7 Å². The number of benzene rings is 1. The van der Waals surface area contributed by atoms with Crippen LogP contribution in [0.4, 0.5) is 0 Å². The lowest BCUT2D eigenvalue weighted by atomic mass is 10.1. The van der Waals surface area contributed by atoms with Crippen LogP contribution in [0.5, 0.6) is 0 Å². The van der Waals surface area contributed by atoms with Gasteiger partial charge in [-0.1, -0.05) is 12.1 Å². The monoisotopic (exact) mass is 368 g/mol. The molecule has 0 fully saturated rings.